The Morgan fingerprint density at radius 3 is 2.13 bits per heavy atom. The van der Waals surface area contributed by atoms with Crippen LogP contribution in [0.25, 0.3) is 0 Å². The van der Waals surface area contributed by atoms with E-state index in [1.165, 1.54) is 6.92 Å². The lowest BCUT2D eigenvalue weighted by molar-refractivity contribution is -0.137. The molecule has 0 aliphatic carbocycles. The average molecular weight is 426 g/mol. The van der Waals surface area contributed by atoms with Crippen molar-refractivity contribution < 1.29 is 23.1 Å². The van der Waals surface area contributed by atoms with Crippen LogP contribution >= 0.6 is 0 Å². The molecule has 0 atom stereocenters. The molecule has 0 radical (unpaired) electrons. The Kier molecular flexibility index (Phi) is 5.94. The van der Waals surface area contributed by atoms with Crippen LogP contribution in [0.5, 0.6) is 0 Å². The normalized spacial score (nSPS) is 11.4. The molecule has 2 aromatic carbocycles. The summed E-state index contributed by atoms with van der Waals surface area (Å²) in [6.45, 7) is 4.64. The fourth-order valence-electron chi connectivity index (χ4n) is 3.83. The van der Waals surface area contributed by atoms with Crippen LogP contribution in [0.2, 0.25) is 0 Å². The van der Waals surface area contributed by atoms with E-state index in [2.05, 4.69) is 0 Å². The van der Waals surface area contributed by atoms with Crippen molar-refractivity contribution >= 4 is 21.6 Å². The second kappa shape index (κ2) is 8.28. The quantitative estimate of drug-likeness (QED) is 0.581. The number of carbonyl (C=O) groups is 2. The highest BCUT2D eigenvalue weighted by atomic mass is 32.2. The van der Waals surface area contributed by atoms with E-state index < -0.39 is 15.8 Å². The number of Topliss-reactive ketones (excluding diaryl/α,β-unsaturated/α-hetero) is 1. The molecular formula is C23H23NO5S. The van der Waals surface area contributed by atoms with Gasteiger partial charge in [-0.05, 0) is 50.1 Å². The van der Waals surface area contributed by atoms with Crippen LogP contribution in [-0.4, -0.2) is 29.8 Å². The van der Waals surface area contributed by atoms with Crippen LogP contribution in [-0.2, 0) is 27.6 Å². The molecule has 1 heterocycles. The molecule has 0 unspecified atom stereocenters. The van der Waals surface area contributed by atoms with Crippen molar-refractivity contribution in [3.8, 4) is 0 Å². The molecule has 0 bridgehead atoms. The number of aliphatic carboxylic acids is 1. The summed E-state index contributed by atoms with van der Waals surface area (Å²) in [6, 6.07) is 14.9. The maximum absolute atomic E-state index is 13.2. The Morgan fingerprint density at radius 1 is 0.933 bits per heavy atom. The van der Waals surface area contributed by atoms with Gasteiger partial charge in [0.1, 0.15) is 6.54 Å². The number of carboxylic acid groups (broad SMARTS) is 1. The summed E-state index contributed by atoms with van der Waals surface area (Å²) in [5.41, 5.74) is 2.87. The van der Waals surface area contributed by atoms with Gasteiger partial charge in [-0.15, -0.1) is 0 Å². The van der Waals surface area contributed by atoms with Crippen molar-refractivity contribution in [3.63, 3.8) is 0 Å². The van der Waals surface area contributed by atoms with Gasteiger partial charge in [0.2, 0.25) is 9.84 Å². The van der Waals surface area contributed by atoms with Gasteiger partial charge < -0.3 is 9.67 Å². The Bertz CT molecular complexity index is 1220. The Hall–Kier alpha value is -3.19. The number of rotatable bonds is 7. The molecule has 6 nitrogen and oxygen atoms in total. The molecule has 156 valence electrons. The van der Waals surface area contributed by atoms with Gasteiger partial charge in [-0.3, -0.25) is 9.59 Å². The summed E-state index contributed by atoms with van der Waals surface area (Å²) in [5, 5.41) is 9.24. The predicted octanol–water partition coefficient (Wildman–Crippen LogP) is 3.82. The highest BCUT2D eigenvalue weighted by Gasteiger charge is 2.25. The largest absolute Gasteiger partial charge is 0.480 e. The lowest BCUT2D eigenvalue weighted by atomic mass is 9.98. The lowest BCUT2D eigenvalue weighted by Gasteiger charge is -2.12. The van der Waals surface area contributed by atoms with Gasteiger partial charge in [-0.25, -0.2) is 8.42 Å². The highest BCUT2D eigenvalue weighted by molar-refractivity contribution is 7.91. The van der Waals surface area contributed by atoms with E-state index in [-0.39, 0.29) is 28.5 Å². The fourth-order valence-corrected chi connectivity index (χ4v) is 5.35. The van der Waals surface area contributed by atoms with Crippen molar-refractivity contribution in [2.24, 2.45) is 0 Å². The lowest BCUT2D eigenvalue weighted by Crippen LogP contribution is -2.12. The Labute approximate surface area is 175 Å². The first kappa shape index (κ1) is 21.5. The number of nitrogens with zero attached hydrogens (tertiary/aromatic N) is 1. The first-order valence-corrected chi connectivity index (χ1v) is 10.9. The van der Waals surface area contributed by atoms with Crippen molar-refractivity contribution in [1.82, 2.24) is 4.57 Å². The van der Waals surface area contributed by atoms with E-state index in [1.54, 1.807) is 73.0 Å². The van der Waals surface area contributed by atoms with Crippen LogP contribution < -0.4 is 0 Å². The summed E-state index contributed by atoms with van der Waals surface area (Å²) >= 11 is 0. The maximum atomic E-state index is 13.2. The van der Waals surface area contributed by atoms with E-state index in [9.17, 15) is 23.1 Å². The third kappa shape index (κ3) is 3.93. The number of benzene rings is 2. The highest BCUT2D eigenvalue weighted by Crippen LogP contribution is 2.30. The summed E-state index contributed by atoms with van der Waals surface area (Å²) in [5.74, 6) is -1.19. The Morgan fingerprint density at radius 2 is 1.53 bits per heavy atom. The van der Waals surface area contributed by atoms with Crippen LogP contribution in [0.15, 0.2) is 64.4 Å². The molecule has 30 heavy (non-hydrogen) atoms. The molecule has 1 aromatic heterocycles. The summed E-state index contributed by atoms with van der Waals surface area (Å²) in [6.07, 6.45) is 0.205. The smallest absolute Gasteiger partial charge is 0.323 e. The molecule has 3 aromatic rings. The summed E-state index contributed by atoms with van der Waals surface area (Å²) in [4.78, 5) is 24.0. The molecule has 0 fully saturated rings. The van der Waals surface area contributed by atoms with Crippen LogP contribution in [0, 0.1) is 13.8 Å². The van der Waals surface area contributed by atoms with E-state index in [1.807, 2.05) is 0 Å². The topological polar surface area (TPSA) is 93.4 Å². The molecule has 7 heteroatoms. The number of hydrogen-bond acceptors (Lipinski definition) is 4. The molecule has 0 saturated carbocycles. The van der Waals surface area contributed by atoms with Crippen molar-refractivity contribution in [2.75, 3.05) is 0 Å². The van der Waals surface area contributed by atoms with Crippen LogP contribution in [0.3, 0.4) is 0 Å². The monoisotopic (exact) mass is 425 g/mol. The van der Waals surface area contributed by atoms with E-state index in [0.717, 1.165) is 0 Å². The van der Waals surface area contributed by atoms with Crippen molar-refractivity contribution in [3.05, 3.63) is 82.7 Å². The second-order valence-corrected chi connectivity index (χ2v) is 9.08. The Balaban J connectivity index is 2.16. The second-order valence-electron chi connectivity index (χ2n) is 7.16. The number of ketones is 1. The first-order valence-electron chi connectivity index (χ1n) is 9.44. The molecule has 0 aliphatic heterocycles. The number of sulfone groups is 1. The minimum Gasteiger partial charge on any atom is -0.480 e. The maximum Gasteiger partial charge on any atom is 0.323 e. The van der Waals surface area contributed by atoms with Gasteiger partial charge in [0.15, 0.2) is 5.78 Å². The van der Waals surface area contributed by atoms with Gasteiger partial charge >= 0.3 is 5.97 Å². The van der Waals surface area contributed by atoms with Crippen LogP contribution in [0.4, 0.5) is 0 Å². The number of hydrogen-bond donors (Lipinski definition) is 1. The first-order chi connectivity index (χ1) is 14.1. The number of carbonyl (C=O) groups excluding carboxylic acids is 1. The van der Waals surface area contributed by atoms with Gasteiger partial charge in [0, 0.05) is 23.4 Å². The van der Waals surface area contributed by atoms with Gasteiger partial charge in [0.25, 0.3) is 0 Å². The van der Waals surface area contributed by atoms with E-state index >= 15 is 0 Å². The molecule has 0 saturated heterocycles. The van der Waals surface area contributed by atoms with Gasteiger partial charge in [-0.2, -0.15) is 0 Å². The molecule has 3 rings (SSSR count). The van der Waals surface area contributed by atoms with Gasteiger partial charge in [0.05, 0.1) is 9.79 Å². The minimum absolute atomic E-state index is 0.175. The van der Waals surface area contributed by atoms with E-state index in [0.29, 0.717) is 28.1 Å². The third-order valence-corrected chi connectivity index (χ3v) is 7.11. The van der Waals surface area contributed by atoms with Gasteiger partial charge in [-0.1, -0.05) is 36.4 Å². The van der Waals surface area contributed by atoms with Crippen molar-refractivity contribution in [2.45, 2.75) is 43.5 Å². The average Bonchev–Trinajstić information content (AvgIpc) is 2.93. The third-order valence-electron chi connectivity index (χ3n) is 5.24. The zero-order valence-corrected chi connectivity index (χ0v) is 17.9. The molecule has 0 spiro atoms. The summed E-state index contributed by atoms with van der Waals surface area (Å²) < 4.78 is 28.0. The molecule has 1 N–H and O–H groups in total. The fraction of sp³-hybridized carbons (Fsp3) is 0.217. The van der Waals surface area contributed by atoms with Crippen LogP contribution in [0.1, 0.15) is 39.8 Å². The molecule has 0 aliphatic rings. The molecule has 0 amide bonds. The number of aromatic nitrogens is 1. The minimum atomic E-state index is -3.74. The SMILES string of the molecule is CC(=O)c1c(Cc2ccccc2S(=O)(=O)c2ccccc2)c(C)n(CC(=O)O)c1C. The number of carboxylic acids is 1. The predicted molar refractivity (Wildman–Crippen MR) is 113 cm³/mol. The van der Waals surface area contributed by atoms with Crippen molar-refractivity contribution in [1.29, 1.82) is 0 Å². The molecular weight excluding hydrogens is 402 g/mol. The summed E-state index contributed by atoms with van der Waals surface area (Å²) in [7, 11) is -3.74. The standard InChI is InChI=1S/C23H23NO5S/c1-15-20(23(17(3)25)16(2)24(15)14-22(26)27)13-18-9-7-8-12-21(18)30(28,29)19-10-5-4-6-11-19/h4-12H,13-14H2,1-3H3,(H,26,27). The van der Waals surface area contributed by atoms with E-state index in [4.69, 9.17) is 0 Å². The zero-order chi connectivity index (χ0) is 22.1. The zero-order valence-electron chi connectivity index (χ0n) is 17.0.